The van der Waals surface area contributed by atoms with Crippen LogP contribution in [0.4, 0.5) is 4.79 Å². The van der Waals surface area contributed by atoms with E-state index in [2.05, 4.69) is 17.6 Å². The molecule has 4 fully saturated rings. The van der Waals surface area contributed by atoms with Gasteiger partial charge < -0.3 is 20.1 Å². The van der Waals surface area contributed by atoms with Crippen molar-refractivity contribution in [1.82, 2.24) is 10.6 Å². The smallest absolute Gasteiger partial charge is 0.315 e. The number of amides is 2. The first-order valence-electron chi connectivity index (χ1n) is 9.05. The highest BCUT2D eigenvalue weighted by atomic mass is 16.5. The summed E-state index contributed by atoms with van der Waals surface area (Å²) in [7, 11) is 0. The van der Waals surface area contributed by atoms with Crippen molar-refractivity contribution in [3.63, 3.8) is 0 Å². The quantitative estimate of drug-likeness (QED) is 0.838. The fraction of sp³-hybridized carbons (Fsp3) is 0.941. The van der Waals surface area contributed by atoms with Gasteiger partial charge in [0.15, 0.2) is 0 Å². The molecule has 2 saturated heterocycles. The number of carbonyl (C=O) groups excluding carboxylic acids is 1. The minimum Gasteiger partial charge on any atom is -0.378 e. The minimum absolute atomic E-state index is 0.00706. The maximum absolute atomic E-state index is 12.4. The Morgan fingerprint density at radius 3 is 2.68 bits per heavy atom. The zero-order valence-corrected chi connectivity index (χ0v) is 13.5. The van der Waals surface area contributed by atoms with Crippen LogP contribution in [-0.2, 0) is 9.47 Å². The molecule has 124 valence electrons. The van der Waals surface area contributed by atoms with Crippen LogP contribution in [0.3, 0.4) is 0 Å². The van der Waals surface area contributed by atoms with E-state index in [-0.39, 0.29) is 29.6 Å². The van der Waals surface area contributed by atoms with Gasteiger partial charge in [-0.25, -0.2) is 4.79 Å². The molecule has 4 aliphatic rings. The molecular weight excluding hydrogens is 280 g/mol. The third-order valence-electron chi connectivity index (χ3n) is 6.42. The molecule has 0 unspecified atom stereocenters. The van der Waals surface area contributed by atoms with Gasteiger partial charge >= 0.3 is 6.03 Å². The van der Waals surface area contributed by atoms with E-state index < -0.39 is 0 Å². The van der Waals surface area contributed by atoms with Gasteiger partial charge in [0, 0.05) is 18.1 Å². The second-order valence-electron chi connectivity index (χ2n) is 7.51. The van der Waals surface area contributed by atoms with Crippen LogP contribution in [-0.4, -0.2) is 43.0 Å². The van der Waals surface area contributed by atoms with Crippen LogP contribution >= 0.6 is 0 Å². The zero-order valence-electron chi connectivity index (χ0n) is 13.5. The SMILES string of the molecule is CCO[C@@H]1C[C@H](NC(=O)N[C@@H]2C[C@H]3CC[C@H]2O3)C12CCCC2. The van der Waals surface area contributed by atoms with E-state index in [1.54, 1.807) is 0 Å². The van der Waals surface area contributed by atoms with Gasteiger partial charge in [-0.1, -0.05) is 12.8 Å². The zero-order chi connectivity index (χ0) is 15.2. The van der Waals surface area contributed by atoms with Crippen LogP contribution in [0.2, 0.25) is 0 Å². The van der Waals surface area contributed by atoms with Crippen LogP contribution in [0.25, 0.3) is 0 Å². The maximum atomic E-state index is 12.4. The average Bonchev–Trinajstić information content (AvgIpc) is 3.23. The van der Waals surface area contributed by atoms with Gasteiger partial charge in [0.25, 0.3) is 0 Å². The molecule has 0 radical (unpaired) electrons. The van der Waals surface area contributed by atoms with Crippen molar-refractivity contribution in [3.05, 3.63) is 0 Å². The number of rotatable bonds is 4. The molecule has 1 spiro atoms. The molecule has 0 aromatic carbocycles. The highest BCUT2D eigenvalue weighted by Gasteiger charge is 2.57. The lowest BCUT2D eigenvalue weighted by molar-refractivity contribution is -0.126. The van der Waals surface area contributed by atoms with Crippen molar-refractivity contribution < 1.29 is 14.3 Å². The van der Waals surface area contributed by atoms with Crippen LogP contribution in [0.5, 0.6) is 0 Å². The molecule has 2 aliphatic heterocycles. The van der Waals surface area contributed by atoms with Crippen LogP contribution in [0.1, 0.15) is 58.3 Å². The summed E-state index contributed by atoms with van der Waals surface area (Å²) in [6.07, 6.45) is 10.1. The Hall–Kier alpha value is -0.810. The molecule has 4 rings (SSSR count). The fourth-order valence-electron chi connectivity index (χ4n) is 5.25. The average molecular weight is 308 g/mol. The van der Waals surface area contributed by atoms with E-state index in [4.69, 9.17) is 9.47 Å². The number of hydrogen-bond donors (Lipinski definition) is 2. The molecule has 2 amide bonds. The molecule has 5 nitrogen and oxygen atoms in total. The molecule has 5 atom stereocenters. The second kappa shape index (κ2) is 5.68. The Labute approximate surface area is 132 Å². The largest absolute Gasteiger partial charge is 0.378 e. The van der Waals surface area contributed by atoms with Crippen LogP contribution in [0.15, 0.2) is 0 Å². The number of ether oxygens (including phenoxy) is 2. The topological polar surface area (TPSA) is 59.6 Å². The molecular formula is C17H28N2O3. The highest BCUT2D eigenvalue weighted by Crippen LogP contribution is 2.54. The lowest BCUT2D eigenvalue weighted by Crippen LogP contribution is -2.65. The number of nitrogens with one attached hydrogen (secondary N) is 2. The predicted molar refractivity (Wildman–Crippen MR) is 82.7 cm³/mol. The van der Waals surface area contributed by atoms with Gasteiger partial charge in [-0.05, 0) is 45.4 Å². The third-order valence-corrected chi connectivity index (χ3v) is 6.42. The standard InChI is InChI=1S/C17H28N2O3/c1-2-21-15-10-14(17(15)7-3-4-8-17)19-16(20)18-12-9-11-5-6-13(12)22-11/h11-15H,2-10H2,1H3,(H2,18,19,20)/t11-,12-,13-,14+,15-/m1/s1. The maximum Gasteiger partial charge on any atom is 0.315 e. The molecule has 22 heavy (non-hydrogen) atoms. The summed E-state index contributed by atoms with van der Waals surface area (Å²) in [5.41, 5.74) is 0.207. The van der Waals surface area contributed by atoms with Gasteiger partial charge in [-0.3, -0.25) is 0 Å². The van der Waals surface area contributed by atoms with Crippen molar-refractivity contribution in [2.75, 3.05) is 6.61 Å². The van der Waals surface area contributed by atoms with E-state index in [9.17, 15) is 4.79 Å². The van der Waals surface area contributed by atoms with Crippen molar-refractivity contribution in [3.8, 4) is 0 Å². The number of fused-ring (bicyclic) bond motifs is 2. The molecule has 2 N–H and O–H groups in total. The Morgan fingerprint density at radius 1 is 1.23 bits per heavy atom. The first-order valence-corrected chi connectivity index (χ1v) is 9.05. The van der Waals surface area contributed by atoms with Gasteiger partial charge in [-0.2, -0.15) is 0 Å². The Kier molecular flexibility index (Phi) is 3.81. The lowest BCUT2D eigenvalue weighted by Gasteiger charge is -2.54. The lowest BCUT2D eigenvalue weighted by atomic mass is 9.60. The summed E-state index contributed by atoms with van der Waals surface area (Å²) in [4.78, 5) is 12.4. The molecule has 2 aliphatic carbocycles. The summed E-state index contributed by atoms with van der Waals surface area (Å²) < 4.78 is 11.7. The first kappa shape index (κ1) is 14.8. The molecule has 0 aromatic heterocycles. The van der Waals surface area contributed by atoms with Crippen LogP contribution in [0, 0.1) is 5.41 Å². The van der Waals surface area contributed by atoms with E-state index in [1.807, 2.05) is 0 Å². The minimum atomic E-state index is -0.00706. The second-order valence-corrected chi connectivity index (χ2v) is 7.51. The van der Waals surface area contributed by atoms with E-state index in [0.717, 1.165) is 32.3 Å². The molecule has 0 aromatic rings. The van der Waals surface area contributed by atoms with Gasteiger partial charge in [0.1, 0.15) is 0 Å². The summed E-state index contributed by atoms with van der Waals surface area (Å²) in [5.74, 6) is 0. The Morgan fingerprint density at radius 2 is 2.05 bits per heavy atom. The summed E-state index contributed by atoms with van der Waals surface area (Å²) in [6.45, 7) is 2.83. The first-order chi connectivity index (χ1) is 10.7. The monoisotopic (exact) mass is 308 g/mol. The van der Waals surface area contributed by atoms with E-state index >= 15 is 0 Å². The summed E-state index contributed by atoms with van der Waals surface area (Å²) in [5, 5.41) is 6.39. The van der Waals surface area contributed by atoms with Crippen molar-refractivity contribution in [2.45, 2.75) is 88.7 Å². The summed E-state index contributed by atoms with van der Waals surface area (Å²) >= 11 is 0. The van der Waals surface area contributed by atoms with Gasteiger partial charge in [-0.15, -0.1) is 0 Å². The molecule has 2 bridgehead atoms. The van der Waals surface area contributed by atoms with E-state index in [1.165, 1.54) is 25.7 Å². The molecule has 2 saturated carbocycles. The highest BCUT2D eigenvalue weighted by molar-refractivity contribution is 5.75. The van der Waals surface area contributed by atoms with Crippen molar-refractivity contribution in [2.24, 2.45) is 5.41 Å². The number of hydrogen-bond acceptors (Lipinski definition) is 3. The number of urea groups is 1. The van der Waals surface area contributed by atoms with Crippen LogP contribution < -0.4 is 10.6 Å². The third kappa shape index (κ3) is 2.33. The molecule has 5 heteroatoms. The number of carbonyl (C=O) groups is 1. The van der Waals surface area contributed by atoms with Crippen molar-refractivity contribution >= 4 is 6.03 Å². The normalized spacial score (nSPS) is 41.6. The van der Waals surface area contributed by atoms with Gasteiger partial charge in [0.2, 0.25) is 0 Å². The van der Waals surface area contributed by atoms with Gasteiger partial charge in [0.05, 0.1) is 24.4 Å². The predicted octanol–water partition coefficient (Wildman–Crippen LogP) is 2.34. The molecule has 2 heterocycles. The Bertz CT molecular complexity index is 436. The Balaban J connectivity index is 1.32. The van der Waals surface area contributed by atoms with Crippen molar-refractivity contribution in [1.29, 1.82) is 0 Å². The van der Waals surface area contributed by atoms with E-state index in [0.29, 0.717) is 12.2 Å². The summed E-state index contributed by atoms with van der Waals surface area (Å²) in [6, 6.07) is 0.486. The fourth-order valence-corrected chi connectivity index (χ4v) is 5.25.